The molecule has 4 aromatic rings. The molecule has 1 aliphatic rings. The molecule has 0 aliphatic carbocycles. The first-order valence-electron chi connectivity index (χ1n) is 9.12. The van der Waals surface area contributed by atoms with E-state index < -0.39 is 0 Å². The number of fused-ring (bicyclic) bond motifs is 3. The van der Waals surface area contributed by atoms with E-state index in [-0.39, 0.29) is 5.56 Å². The van der Waals surface area contributed by atoms with Crippen LogP contribution in [0.4, 0.5) is 0 Å². The van der Waals surface area contributed by atoms with Gasteiger partial charge >= 0.3 is 0 Å². The van der Waals surface area contributed by atoms with Crippen molar-refractivity contribution in [1.29, 1.82) is 0 Å². The molecule has 5 rings (SSSR count). The van der Waals surface area contributed by atoms with E-state index in [0.717, 1.165) is 46.1 Å². The maximum atomic E-state index is 13.4. The fourth-order valence-corrected chi connectivity index (χ4v) is 4.53. The molecule has 0 fully saturated rings. The van der Waals surface area contributed by atoms with Gasteiger partial charge < -0.3 is 4.57 Å². The highest BCUT2D eigenvalue weighted by atomic mass is 32.1. The molecule has 0 saturated heterocycles. The Balaban J connectivity index is 1.89. The fraction of sp³-hybridized carbons (Fsp3) is 0.190. The van der Waals surface area contributed by atoms with E-state index in [9.17, 15) is 4.79 Å². The van der Waals surface area contributed by atoms with Crippen LogP contribution in [0.1, 0.15) is 17.7 Å². The van der Waals surface area contributed by atoms with E-state index in [1.165, 1.54) is 23.2 Å². The number of hydrogen-bond donors (Lipinski definition) is 0. The van der Waals surface area contributed by atoms with Crippen molar-refractivity contribution in [2.24, 2.45) is 0 Å². The Morgan fingerprint density at radius 3 is 2.79 bits per heavy atom. The number of pyridine rings is 2. The minimum Gasteiger partial charge on any atom is -0.307 e. The molecule has 0 aromatic carbocycles. The van der Waals surface area contributed by atoms with Gasteiger partial charge in [0, 0.05) is 47.3 Å². The van der Waals surface area contributed by atoms with Gasteiger partial charge in [0.25, 0.3) is 5.56 Å². The molecule has 0 atom stereocenters. The second kappa shape index (κ2) is 6.76. The topological polar surface area (TPSA) is 73.6 Å². The maximum absolute atomic E-state index is 13.4. The van der Waals surface area contributed by atoms with Gasteiger partial charge in [0.15, 0.2) is 0 Å². The van der Waals surface area contributed by atoms with Crippen molar-refractivity contribution in [3.63, 3.8) is 0 Å². The second-order valence-electron chi connectivity index (χ2n) is 6.80. The number of rotatable bonds is 2. The van der Waals surface area contributed by atoms with Crippen molar-refractivity contribution in [1.82, 2.24) is 24.5 Å². The standard InChI is InChI=1S/C21H17N5OS/c1-13-11-28-20(25-13)16-9-15(18-5-7-23-12-24-18)19-17-10-22-6-4-14(17)3-2-8-26(19)21(16)27/h4-7,9-12H,2-3,8H2,1H3. The minimum absolute atomic E-state index is 0.0149. The van der Waals surface area contributed by atoms with Crippen LogP contribution in [0.5, 0.6) is 0 Å². The lowest BCUT2D eigenvalue weighted by Gasteiger charge is -2.17. The number of thiazole rings is 1. The van der Waals surface area contributed by atoms with E-state index in [0.29, 0.717) is 12.1 Å². The number of hydrogen-bond acceptors (Lipinski definition) is 6. The Morgan fingerprint density at radius 1 is 1.11 bits per heavy atom. The van der Waals surface area contributed by atoms with E-state index in [1.54, 1.807) is 6.20 Å². The van der Waals surface area contributed by atoms with Gasteiger partial charge in [-0.1, -0.05) is 0 Å². The minimum atomic E-state index is -0.0149. The lowest BCUT2D eigenvalue weighted by atomic mass is 9.98. The third-order valence-corrected chi connectivity index (χ3v) is 5.98. The SMILES string of the molecule is Cc1csc(-c2cc(-c3ccncn3)c3n(c2=O)CCCc2ccncc2-3)n1. The van der Waals surface area contributed by atoms with Gasteiger partial charge in [-0.15, -0.1) is 11.3 Å². The smallest absolute Gasteiger partial charge is 0.261 e. The summed E-state index contributed by atoms with van der Waals surface area (Å²) < 4.78 is 1.87. The van der Waals surface area contributed by atoms with Gasteiger partial charge in [0.1, 0.15) is 11.3 Å². The molecule has 0 spiro atoms. The third kappa shape index (κ3) is 2.75. The zero-order valence-corrected chi connectivity index (χ0v) is 16.1. The Hall–Kier alpha value is -3.19. The van der Waals surface area contributed by atoms with Crippen LogP contribution in [-0.2, 0) is 13.0 Å². The molecule has 0 amide bonds. The number of aryl methyl sites for hydroxylation is 2. The van der Waals surface area contributed by atoms with Crippen molar-refractivity contribution in [3.8, 4) is 33.1 Å². The highest BCUT2D eigenvalue weighted by molar-refractivity contribution is 7.13. The van der Waals surface area contributed by atoms with Crippen LogP contribution < -0.4 is 5.56 Å². The lowest BCUT2D eigenvalue weighted by molar-refractivity contribution is 0.642. The molecule has 0 saturated carbocycles. The van der Waals surface area contributed by atoms with Crippen LogP contribution in [0.15, 0.2) is 53.3 Å². The molecule has 28 heavy (non-hydrogen) atoms. The summed E-state index contributed by atoms with van der Waals surface area (Å²) in [4.78, 5) is 30.8. The molecule has 4 aromatic heterocycles. The Kier molecular flexibility index (Phi) is 4.09. The van der Waals surface area contributed by atoms with Crippen molar-refractivity contribution in [2.75, 3.05) is 0 Å². The monoisotopic (exact) mass is 387 g/mol. The largest absolute Gasteiger partial charge is 0.307 e. The molecule has 0 unspecified atom stereocenters. The zero-order valence-electron chi connectivity index (χ0n) is 15.3. The predicted octanol–water partition coefficient (Wildman–Crippen LogP) is 3.75. The zero-order chi connectivity index (χ0) is 19.1. The summed E-state index contributed by atoms with van der Waals surface area (Å²) in [5, 5.41) is 2.71. The molecule has 0 bridgehead atoms. The van der Waals surface area contributed by atoms with Gasteiger partial charge in [-0.05, 0) is 43.5 Å². The van der Waals surface area contributed by atoms with E-state index in [4.69, 9.17) is 0 Å². The van der Waals surface area contributed by atoms with E-state index >= 15 is 0 Å². The molecule has 7 heteroatoms. The molecule has 5 heterocycles. The summed E-state index contributed by atoms with van der Waals surface area (Å²) >= 11 is 1.49. The van der Waals surface area contributed by atoms with Crippen molar-refractivity contribution in [2.45, 2.75) is 26.3 Å². The van der Waals surface area contributed by atoms with Crippen LogP contribution in [0.3, 0.4) is 0 Å². The Bertz CT molecular complexity index is 1230. The third-order valence-electron chi connectivity index (χ3n) is 4.99. The summed E-state index contributed by atoms with van der Waals surface area (Å²) in [5.41, 5.74) is 6.27. The highest BCUT2D eigenvalue weighted by Gasteiger charge is 2.24. The van der Waals surface area contributed by atoms with Gasteiger partial charge in [0.2, 0.25) is 0 Å². The number of aromatic nitrogens is 5. The molecule has 1 aliphatic heterocycles. The lowest BCUT2D eigenvalue weighted by Crippen LogP contribution is -2.24. The molecular formula is C21H17N5OS. The highest BCUT2D eigenvalue weighted by Crippen LogP contribution is 2.36. The van der Waals surface area contributed by atoms with Crippen LogP contribution >= 0.6 is 11.3 Å². The maximum Gasteiger partial charge on any atom is 0.261 e. The first-order valence-corrected chi connectivity index (χ1v) is 10.0. The fourth-order valence-electron chi connectivity index (χ4n) is 3.73. The number of nitrogens with zero attached hydrogens (tertiary/aromatic N) is 5. The van der Waals surface area contributed by atoms with Gasteiger partial charge in [-0.3, -0.25) is 9.78 Å². The van der Waals surface area contributed by atoms with E-state index in [1.807, 2.05) is 47.5 Å². The van der Waals surface area contributed by atoms with Crippen LogP contribution in [0, 0.1) is 6.92 Å². The van der Waals surface area contributed by atoms with E-state index in [2.05, 4.69) is 19.9 Å². The van der Waals surface area contributed by atoms with Gasteiger partial charge in [-0.25, -0.2) is 15.0 Å². The van der Waals surface area contributed by atoms with Crippen LogP contribution in [0.2, 0.25) is 0 Å². The molecule has 6 nitrogen and oxygen atoms in total. The van der Waals surface area contributed by atoms with Crippen molar-refractivity contribution >= 4 is 11.3 Å². The molecule has 0 radical (unpaired) electrons. The Labute approximate surface area is 165 Å². The quantitative estimate of drug-likeness (QED) is 0.524. The average Bonchev–Trinajstić information content (AvgIpc) is 3.06. The second-order valence-corrected chi connectivity index (χ2v) is 7.66. The first-order chi connectivity index (χ1) is 13.7. The molecule has 138 valence electrons. The summed E-state index contributed by atoms with van der Waals surface area (Å²) in [5.74, 6) is 0. The molecule has 0 N–H and O–H groups in total. The average molecular weight is 387 g/mol. The van der Waals surface area contributed by atoms with Crippen molar-refractivity contribution < 1.29 is 0 Å². The summed E-state index contributed by atoms with van der Waals surface area (Å²) in [7, 11) is 0. The summed E-state index contributed by atoms with van der Waals surface area (Å²) in [6.07, 6.45) is 8.72. The van der Waals surface area contributed by atoms with Crippen LogP contribution in [0.25, 0.3) is 33.1 Å². The van der Waals surface area contributed by atoms with Gasteiger partial charge in [-0.2, -0.15) is 0 Å². The molecular weight excluding hydrogens is 370 g/mol. The van der Waals surface area contributed by atoms with Gasteiger partial charge in [0.05, 0.1) is 17.0 Å². The Morgan fingerprint density at radius 2 is 2.00 bits per heavy atom. The first kappa shape index (κ1) is 16.9. The van der Waals surface area contributed by atoms with Crippen LogP contribution in [-0.4, -0.2) is 24.5 Å². The summed E-state index contributed by atoms with van der Waals surface area (Å²) in [6, 6.07) is 5.84. The van der Waals surface area contributed by atoms with Crippen molar-refractivity contribution in [3.05, 3.63) is 70.1 Å². The summed E-state index contributed by atoms with van der Waals surface area (Å²) in [6.45, 7) is 2.59. The normalized spacial score (nSPS) is 12.9. The predicted molar refractivity (Wildman–Crippen MR) is 109 cm³/mol.